The quantitative estimate of drug-likeness (QED) is 0.824. The van der Waals surface area contributed by atoms with E-state index in [4.69, 9.17) is 0 Å². The van der Waals surface area contributed by atoms with Crippen molar-refractivity contribution in [1.29, 1.82) is 0 Å². The molecule has 0 spiro atoms. The van der Waals surface area contributed by atoms with Crippen LogP contribution < -0.4 is 5.32 Å². The second-order valence-electron chi connectivity index (χ2n) is 5.50. The standard InChI is InChI=1S/C13H19N5/c1-9-7-11-16-17-12(18(11)10(2)15-9)13(3)5-4-6-14-8-13/h7,14H,4-6,8H2,1-3H3. The summed E-state index contributed by atoms with van der Waals surface area (Å²) in [7, 11) is 0. The fourth-order valence-corrected chi connectivity index (χ4v) is 2.87. The van der Waals surface area contributed by atoms with E-state index in [1.807, 2.05) is 19.9 Å². The Balaban J connectivity index is 2.17. The van der Waals surface area contributed by atoms with Crippen LogP contribution in [0.4, 0.5) is 0 Å². The molecular formula is C13H19N5. The first kappa shape index (κ1) is 11.6. The van der Waals surface area contributed by atoms with Crippen molar-refractivity contribution in [2.45, 2.75) is 39.0 Å². The molecule has 2 aromatic heterocycles. The van der Waals surface area contributed by atoms with E-state index in [9.17, 15) is 0 Å². The highest BCUT2D eigenvalue weighted by Gasteiger charge is 2.33. The van der Waals surface area contributed by atoms with Gasteiger partial charge in [-0.15, -0.1) is 10.2 Å². The van der Waals surface area contributed by atoms with Gasteiger partial charge in [-0.2, -0.15) is 0 Å². The van der Waals surface area contributed by atoms with E-state index >= 15 is 0 Å². The third-order valence-electron chi connectivity index (χ3n) is 3.82. The van der Waals surface area contributed by atoms with Crippen LogP contribution in [0.2, 0.25) is 0 Å². The van der Waals surface area contributed by atoms with Gasteiger partial charge in [0.1, 0.15) is 11.6 Å². The van der Waals surface area contributed by atoms with Crippen LogP contribution in [0, 0.1) is 13.8 Å². The Morgan fingerprint density at radius 1 is 1.33 bits per heavy atom. The molecule has 0 saturated carbocycles. The van der Waals surface area contributed by atoms with Crippen molar-refractivity contribution in [1.82, 2.24) is 24.9 Å². The molecule has 0 aliphatic carbocycles. The summed E-state index contributed by atoms with van der Waals surface area (Å²) in [5, 5.41) is 12.2. The molecule has 0 radical (unpaired) electrons. The number of aryl methyl sites for hydroxylation is 2. The van der Waals surface area contributed by atoms with E-state index in [0.29, 0.717) is 0 Å². The van der Waals surface area contributed by atoms with Crippen molar-refractivity contribution >= 4 is 5.65 Å². The van der Waals surface area contributed by atoms with E-state index in [0.717, 1.165) is 42.5 Å². The van der Waals surface area contributed by atoms with E-state index in [1.165, 1.54) is 6.42 Å². The lowest BCUT2D eigenvalue weighted by Gasteiger charge is -2.32. The van der Waals surface area contributed by atoms with Gasteiger partial charge in [0, 0.05) is 23.7 Å². The summed E-state index contributed by atoms with van der Waals surface area (Å²) in [5.74, 6) is 2.01. The van der Waals surface area contributed by atoms with Crippen LogP contribution >= 0.6 is 0 Å². The summed E-state index contributed by atoms with van der Waals surface area (Å²) in [4.78, 5) is 4.52. The second kappa shape index (κ2) is 4.02. The molecule has 1 atom stereocenters. The monoisotopic (exact) mass is 245 g/mol. The van der Waals surface area contributed by atoms with Gasteiger partial charge in [-0.3, -0.25) is 4.40 Å². The highest BCUT2D eigenvalue weighted by molar-refractivity contribution is 5.41. The molecule has 2 aromatic rings. The maximum Gasteiger partial charge on any atom is 0.164 e. The Morgan fingerprint density at radius 3 is 2.89 bits per heavy atom. The predicted molar refractivity (Wildman–Crippen MR) is 69.7 cm³/mol. The minimum atomic E-state index is 0.0549. The summed E-state index contributed by atoms with van der Waals surface area (Å²) < 4.78 is 2.10. The van der Waals surface area contributed by atoms with Gasteiger partial charge < -0.3 is 5.32 Å². The molecule has 18 heavy (non-hydrogen) atoms. The normalized spacial score (nSPS) is 24.6. The molecule has 0 bridgehead atoms. The summed E-state index contributed by atoms with van der Waals surface area (Å²) in [6, 6.07) is 1.99. The third kappa shape index (κ3) is 1.70. The lowest BCUT2D eigenvalue weighted by Crippen LogP contribution is -2.42. The first-order chi connectivity index (χ1) is 8.60. The number of rotatable bonds is 1. The maximum absolute atomic E-state index is 4.52. The first-order valence-corrected chi connectivity index (χ1v) is 6.51. The summed E-state index contributed by atoms with van der Waals surface area (Å²) in [6.07, 6.45) is 2.33. The van der Waals surface area contributed by atoms with Crippen molar-refractivity contribution in [3.63, 3.8) is 0 Å². The molecule has 1 saturated heterocycles. The van der Waals surface area contributed by atoms with Crippen molar-refractivity contribution in [2.75, 3.05) is 13.1 Å². The molecule has 1 fully saturated rings. The summed E-state index contributed by atoms with van der Waals surface area (Å²) in [6.45, 7) is 8.33. The van der Waals surface area contributed by atoms with Crippen LogP contribution in [-0.4, -0.2) is 32.7 Å². The molecule has 1 unspecified atom stereocenters. The highest BCUT2D eigenvalue weighted by atomic mass is 15.3. The Bertz CT molecular complexity index is 580. The van der Waals surface area contributed by atoms with Crippen LogP contribution in [0.25, 0.3) is 5.65 Å². The van der Waals surface area contributed by atoms with Crippen LogP contribution in [0.3, 0.4) is 0 Å². The van der Waals surface area contributed by atoms with Crippen LogP contribution in [0.5, 0.6) is 0 Å². The number of aromatic nitrogens is 4. The van der Waals surface area contributed by atoms with Crippen molar-refractivity contribution in [2.24, 2.45) is 0 Å². The molecule has 5 heteroatoms. The summed E-state index contributed by atoms with van der Waals surface area (Å²) in [5.41, 5.74) is 1.95. The van der Waals surface area contributed by atoms with E-state index in [1.54, 1.807) is 0 Å². The average Bonchev–Trinajstić information content (AvgIpc) is 2.74. The van der Waals surface area contributed by atoms with Gasteiger partial charge in [-0.1, -0.05) is 6.92 Å². The van der Waals surface area contributed by atoms with Gasteiger partial charge in [-0.05, 0) is 33.2 Å². The third-order valence-corrected chi connectivity index (χ3v) is 3.82. The molecule has 1 aliphatic rings. The fourth-order valence-electron chi connectivity index (χ4n) is 2.87. The largest absolute Gasteiger partial charge is 0.316 e. The smallest absolute Gasteiger partial charge is 0.164 e. The van der Waals surface area contributed by atoms with Crippen LogP contribution in [0.15, 0.2) is 6.07 Å². The fraction of sp³-hybridized carbons (Fsp3) is 0.615. The maximum atomic E-state index is 4.52. The van der Waals surface area contributed by atoms with Crippen LogP contribution in [0.1, 0.15) is 37.1 Å². The number of piperidine rings is 1. The Hall–Kier alpha value is -1.49. The molecule has 1 aliphatic heterocycles. The predicted octanol–water partition coefficient (Wildman–Crippen LogP) is 1.38. The van der Waals surface area contributed by atoms with Gasteiger partial charge in [-0.25, -0.2) is 4.98 Å². The minimum absolute atomic E-state index is 0.0549. The van der Waals surface area contributed by atoms with Crippen molar-refractivity contribution < 1.29 is 0 Å². The topological polar surface area (TPSA) is 55.1 Å². The average molecular weight is 245 g/mol. The molecule has 96 valence electrons. The molecule has 3 rings (SSSR count). The number of nitrogens with zero attached hydrogens (tertiary/aromatic N) is 4. The Labute approximate surface area is 107 Å². The van der Waals surface area contributed by atoms with Crippen molar-refractivity contribution in [3.8, 4) is 0 Å². The SMILES string of the molecule is Cc1cc2nnc(C3(C)CCCNC3)n2c(C)n1. The first-order valence-electron chi connectivity index (χ1n) is 6.51. The molecule has 0 aromatic carbocycles. The van der Waals surface area contributed by atoms with E-state index in [-0.39, 0.29) is 5.41 Å². The number of hydrogen-bond donors (Lipinski definition) is 1. The zero-order chi connectivity index (χ0) is 12.8. The molecule has 0 amide bonds. The zero-order valence-electron chi connectivity index (χ0n) is 11.2. The molecule has 5 nitrogen and oxygen atoms in total. The zero-order valence-corrected chi connectivity index (χ0v) is 11.2. The Kier molecular flexibility index (Phi) is 2.59. The van der Waals surface area contributed by atoms with Crippen molar-refractivity contribution in [3.05, 3.63) is 23.4 Å². The lowest BCUT2D eigenvalue weighted by atomic mass is 9.82. The molecule has 1 N–H and O–H groups in total. The number of fused-ring (bicyclic) bond motifs is 1. The molecular weight excluding hydrogens is 226 g/mol. The Morgan fingerprint density at radius 2 is 2.17 bits per heavy atom. The van der Waals surface area contributed by atoms with Gasteiger partial charge in [0.2, 0.25) is 0 Å². The number of hydrogen-bond acceptors (Lipinski definition) is 4. The number of nitrogens with one attached hydrogen (secondary N) is 1. The lowest BCUT2D eigenvalue weighted by molar-refractivity contribution is 0.320. The second-order valence-corrected chi connectivity index (χ2v) is 5.50. The van der Waals surface area contributed by atoms with Gasteiger partial charge in [0.15, 0.2) is 5.65 Å². The highest BCUT2D eigenvalue weighted by Crippen LogP contribution is 2.29. The van der Waals surface area contributed by atoms with E-state index < -0.39 is 0 Å². The van der Waals surface area contributed by atoms with E-state index in [2.05, 4.69) is 31.8 Å². The van der Waals surface area contributed by atoms with Gasteiger partial charge in [0.25, 0.3) is 0 Å². The van der Waals surface area contributed by atoms with Gasteiger partial charge in [0.05, 0.1) is 0 Å². The minimum Gasteiger partial charge on any atom is -0.316 e. The van der Waals surface area contributed by atoms with Gasteiger partial charge >= 0.3 is 0 Å². The summed E-state index contributed by atoms with van der Waals surface area (Å²) >= 11 is 0. The van der Waals surface area contributed by atoms with Crippen LogP contribution in [-0.2, 0) is 5.41 Å². The molecule has 3 heterocycles.